The minimum absolute atomic E-state index is 0.0540. The van der Waals surface area contributed by atoms with Gasteiger partial charge in [-0.25, -0.2) is 0 Å². The Morgan fingerprint density at radius 3 is 2.92 bits per heavy atom. The average molecular weight is 181 g/mol. The Morgan fingerprint density at radius 2 is 2.46 bits per heavy atom. The molecular weight excluding hydrogens is 170 g/mol. The third-order valence-electron chi connectivity index (χ3n) is 2.09. The number of hydrogen-bond acceptors (Lipinski definition) is 4. The van der Waals surface area contributed by atoms with Crippen LogP contribution in [-0.2, 0) is 4.79 Å². The first kappa shape index (κ1) is 8.15. The second kappa shape index (κ2) is 3.12. The molecule has 0 bridgehead atoms. The Bertz CT molecular complexity index is 292. The van der Waals surface area contributed by atoms with Crippen molar-refractivity contribution in [1.82, 2.24) is 25.9 Å². The van der Waals surface area contributed by atoms with Crippen molar-refractivity contribution in [3.8, 4) is 0 Å². The molecule has 0 spiro atoms. The lowest BCUT2D eigenvalue weighted by molar-refractivity contribution is -0.119. The van der Waals surface area contributed by atoms with Crippen LogP contribution in [0.15, 0.2) is 0 Å². The lowest BCUT2D eigenvalue weighted by atomic mass is 10.2. The predicted octanol–water partition coefficient (Wildman–Crippen LogP) is -0.213. The SMILES string of the molecule is CC(=O)NC(c1nn[nH]n1)C1CC1. The molecule has 1 aliphatic carbocycles. The quantitative estimate of drug-likeness (QED) is 0.675. The van der Waals surface area contributed by atoms with Gasteiger partial charge in [-0.05, 0) is 18.8 Å². The largest absolute Gasteiger partial charge is 0.346 e. The lowest BCUT2D eigenvalue weighted by Gasteiger charge is -2.11. The van der Waals surface area contributed by atoms with E-state index in [0.717, 1.165) is 12.8 Å². The number of nitrogens with zero attached hydrogens (tertiary/aromatic N) is 3. The zero-order valence-corrected chi connectivity index (χ0v) is 7.32. The van der Waals surface area contributed by atoms with Crippen molar-refractivity contribution in [3.63, 3.8) is 0 Å². The van der Waals surface area contributed by atoms with Crippen molar-refractivity contribution >= 4 is 5.91 Å². The van der Waals surface area contributed by atoms with E-state index in [-0.39, 0.29) is 11.9 Å². The number of amides is 1. The number of aromatic nitrogens is 4. The van der Waals surface area contributed by atoms with Crippen LogP contribution in [0.1, 0.15) is 31.6 Å². The highest BCUT2D eigenvalue weighted by Gasteiger charge is 2.35. The fraction of sp³-hybridized carbons (Fsp3) is 0.714. The molecular formula is C7H11N5O. The van der Waals surface area contributed by atoms with Crippen LogP contribution in [0.2, 0.25) is 0 Å². The van der Waals surface area contributed by atoms with Gasteiger partial charge in [0.25, 0.3) is 0 Å². The first-order valence-electron chi connectivity index (χ1n) is 4.28. The molecule has 2 rings (SSSR count). The van der Waals surface area contributed by atoms with Crippen molar-refractivity contribution in [2.75, 3.05) is 0 Å². The molecule has 0 aliphatic heterocycles. The van der Waals surface area contributed by atoms with Gasteiger partial charge >= 0.3 is 0 Å². The first-order chi connectivity index (χ1) is 6.27. The topological polar surface area (TPSA) is 83.6 Å². The average Bonchev–Trinajstić information content (AvgIpc) is 2.77. The van der Waals surface area contributed by atoms with E-state index in [2.05, 4.69) is 25.9 Å². The van der Waals surface area contributed by atoms with Gasteiger partial charge in [0.1, 0.15) is 0 Å². The Labute approximate surface area is 75.1 Å². The molecule has 13 heavy (non-hydrogen) atoms. The van der Waals surface area contributed by atoms with Gasteiger partial charge in [0.2, 0.25) is 5.91 Å². The normalized spacial score (nSPS) is 18.2. The fourth-order valence-corrected chi connectivity index (χ4v) is 1.34. The van der Waals surface area contributed by atoms with E-state index in [1.165, 1.54) is 6.92 Å². The molecule has 6 heteroatoms. The van der Waals surface area contributed by atoms with Crippen LogP contribution in [0.4, 0.5) is 0 Å². The van der Waals surface area contributed by atoms with Crippen molar-refractivity contribution < 1.29 is 4.79 Å². The maximum absolute atomic E-state index is 10.9. The molecule has 1 heterocycles. The third-order valence-corrected chi connectivity index (χ3v) is 2.09. The van der Waals surface area contributed by atoms with Crippen LogP contribution in [0.25, 0.3) is 0 Å². The molecule has 0 saturated heterocycles. The molecule has 70 valence electrons. The van der Waals surface area contributed by atoms with Crippen LogP contribution >= 0.6 is 0 Å². The van der Waals surface area contributed by atoms with Crippen molar-refractivity contribution in [2.45, 2.75) is 25.8 Å². The Hall–Kier alpha value is -1.46. The van der Waals surface area contributed by atoms with Crippen molar-refractivity contribution in [2.24, 2.45) is 5.92 Å². The Balaban J connectivity index is 2.09. The van der Waals surface area contributed by atoms with Gasteiger partial charge < -0.3 is 5.32 Å². The highest BCUT2D eigenvalue weighted by Crippen LogP contribution is 2.39. The summed E-state index contributed by atoms with van der Waals surface area (Å²) >= 11 is 0. The van der Waals surface area contributed by atoms with Gasteiger partial charge in [0.15, 0.2) is 5.82 Å². The van der Waals surface area contributed by atoms with Crippen LogP contribution in [0.3, 0.4) is 0 Å². The van der Waals surface area contributed by atoms with Crippen molar-refractivity contribution in [3.05, 3.63) is 5.82 Å². The fourth-order valence-electron chi connectivity index (χ4n) is 1.34. The Morgan fingerprint density at radius 1 is 1.69 bits per heavy atom. The maximum Gasteiger partial charge on any atom is 0.217 e. The lowest BCUT2D eigenvalue weighted by Crippen LogP contribution is -2.28. The molecule has 1 unspecified atom stereocenters. The summed E-state index contributed by atoms with van der Waals surface area (Å²) in [6.07, 6.45) is 2.25. The van der Waals surface area contributed by atoms with E-state index in [9.17, 15) is 4.79 Å². The second-order valence-corrected chi connectivity index (χ2v) is 3.29. The molecule has 1 atom stereocenters. The van der Waals surface area contributed by atoms with Crippen LogP contribution in [-0.4, -0.2) is 26.5 Å². The number of aromatic amines is 1. The minimum Gasteiger partial charge on any atom is -0.346 e. The predicted molar refractivity (Wildman–Crippen MR) is 43.5 cm³/mol. The van der Waals surface area contributed by atoms with Crippen molar-refractivity contribution in [1.29, 1.82) is 0 Å². The van der Waals surface area contributed by atoms with Crippen LogP contribution in [0, 0.1) is 5.92 Å². The number of carbonyl (C=O) groups is 1. The molecule has 0 aromatic carbocycles. The van der Waals surface area contributed by atoms with E-state index in [0.29, 0.717) is 11.7 Å². The molecule has 1 aromatic heterocycles. The van der Waals surface area contributed by atoms with Crippen LogP contribution < -0.4 is 5.32 Å². The maximum atomic E-state index is 10.9. The molecule has 1 fully saturated rings. The molecule has 2 N–H and O–H groups in total. The number of rotatable bonds is 3. The summed E-state index contributed by atoms with van der Waals surface area (Å²) in [7, 11) is 0. The number of H-pyrrole nitrogens is 1. The highest BCUT2D eigenvalue weighted by atomic mass is 16.1. The van der Waals surface area contributed by atoms with Gasteiger partial charge in [0.05, 0.1) is 6.04 Å². The Kier molecular flexibility index (Phi) is 1.96. The number of carbonyl (C=O) groups excluding carboxylic acids is 1. The summed E-state index contributed by atoms with van der Waals surface area (Å²) < 4.78 is 0. The van der Waals surface area contributed by atoms with Gasteiger partial charge in [-0.15, -0.1) is 10.2 Å². The van der Waals surface area contributed by atoms with E-state index in [4.69, 9.17) is 0 Å². The molecule has 1 aromatic rings. The molecule has 0 radical (unpaired) electrons. The summed E-state index contributed by atoms with van der Waals surface area (Å²) in [6.45, 7) is 1.50. The first-order valence-corrected chi connectivity index (χ1v) is 4.28. The standard InChI is InChI=1S/C7H11N5O/c1-4(13)8-6(5-2-3-5)7-9-11-12-10-7/h5-6H,2-3H2,1H3,(H,8,13)(H,9,10,11,12). The third kappa shape index (κ3) is 1.82. The zero-order valence-electron chi connectivity index (χ0n) is 7.32. The minimum atomic E-state index is -0.0590. The highest BCUT2D eigenvalue weighted by molar-refractivity contribution is 5.73. The van der Waals surface area contributed by atoms with E-state index < -0.39 is 0 Å². The van der Waals surface area contributed by atoms with E-state index in [1.54, 1.807) is 0 Å². The van der Waals surface area contributed by atoms with Gasteiger partial charge in [0, 0.05) is 6.92 Å². The molecule has 1 aliphatic rings. The van der Waals surface area contributed by atoms with Gasteiger partial charge in [-0.2, -0.15) is 5.21 Å². The summed E-state index contributed by atoms with van der Waals surface area (Å²) in [4.78, 5) is 10.9. The number of nitrogens with one attached hydrogen (secondary N) is 2. The van der Waals surface area contributed by atoms with Gasteiger partial charge in [-0.1, -0.05) is 5.21 Å². The van der Waals surface area contributed by atoms with E-state index >= 15 is 0 Å². The summed E-state index contributed by atoms with van der Waals surface area (Å²) in [5.74, 6) is 1.01. The molecule has 6 nitrogen and oxygen atoms in total. The summed E-state index contributed by atoms with van der Waals surface area (Å²) in [5.41, 5.74) is 0. The zero-order chi connectivity index (χ0) is 9.26. The van der Waals surface area contributed by atoms with E-state index in [1.807, 2.05) is 0 Å². The summed E-state index contributed by atoms with van der Waals surface area (Å²) in [6, 6.07) is -0.0590. The monoisotopic (exact) mass is 181 g/mol. The number of hydrogen-bond donors (Lipinski definition) is 2. The molecule has 1 amide bonds. The van der Waals surface area contributed by atoms with Gasteiger partial charge in [-0.3, -0.25) is 4.79 Å². The molecule has 1 saturated carbocycles. The summed E-state index contributed by atoms with van der Waals surface area (Å²) in [5, 5.41) is 16.4. The number of tetrazole rings is 1. The smallest absolute Gasteiger partial charge is 0.217 e. The second-order valence-electron chi connectivity index (χ2n) is 3.29. The van der Waals surface area contributed by atoms with Crippen LogP contribution in [0.5, 0.6) is 0 Å².